The standard InChI is InChI=1S/C27H35N2O7PS/c1-2-10-26(36-37(31,32)33)35-25(16-9-15-21-11-5-3-6-12-21)24(17-22-13-7-4-8-14-22)29-27(30)34-19-23-18-28-20-38-23/h3-8,11-14,18,20,24-26H,2,9-10,15-17,19H2,1H3,(H,29,30)(H2,31,32,33)/t24-,25-,26-/m0/s1. The third-order valence-electron chi connectivity index (χ3n) is 5.78. The third-order valence-corrected chi connectivity index (χ3v) is 7.05. The lowest BCUT2D eigenvalue weighted by atomic mass is 9.96. The first kappa shape index (κ1) is 30.0. The second-order valence-electron chi connectivity index (χ2n) is 8.85. The van der Waals surface area contributed by atoms with Crippen molar-refractivity contribution in [2.75, 3.05) is 0 Å². The van der Waals surface area contributed by atoms with Crippen LogP contribution in [0.25, 0.3) is 0 Å². The first-order valence-electron chi connectivity index (χ1n) is 12.6. The Kier molecular flexibility index (Phi) is 12.4. The van der Waals surface area contributed by atoms with Crippen LogP contribution in [-0.4, -0.2) is 39.3 Å². The number of thiazole rings is 1. The van der Waals surface area contributed by atoms with Gasteiger partial charge in [0.15, 0.2) is 6.29 Å². The molecule has 3 atom stereocenters. The average Bonchev–Trinajstić information content (AvgIpc) is 3.41. The van der Waals surface area contributed by atoms with Crippen LogP contribution in [0.4, 0.5) is 4.79 Å². The molecule has 9 nitrogen and oxygen atoms in total. The van der Waals surface area contributed by atoms with Crippen molar-refractivity contribution in [1.29, 1.82) is 0 Å². The summed E-state index contributed by atoms with van der Waals surface area (Å²) in [6.45, 7) is 1.97. The fraction of sp³-hybridized carbons (Fsp3) is 0.407. The molecular weight excluding hydrogens is 527 g/mol. The summed E-state index contributed by atoms with van der Waals surface area (Å²) in [6.07, 6.45) is 2.65. The van der Waals surface area contributed by atoms with E-state index in [2.05, 4.69) is 10.3 Å². The van der Waals surface area contributed by atoms with Gasteiger partial charge in [-0.3, -0.25) is 9.51 Å². The molecule has 1 amide bonds. The number of phosphoric acid groups is 1. The molecule has 0 saturated carbocycles. The number of rotatable bonds is 16. The molecule has 1 aromatic heterocycles. The number of aromatic nitrogens is 1. The fourth-order valence-corrected chi connectivity index (χ4v) is 5.00. The van der Waals surface area contributed by atoms with Crippen molar-refractivity contribution in [2.24, 2.45) is 0 Å². The second-order valence-corrected chi connectivity index (χ2v) is 11.0. The van der Waals surface area contributed by atoms with Crippen LogP contribution in [0.5, 0.6) is 0 Å². The smallest absolute Gasteiger partial charge is 0.444 e. The van der Waals surface area contributed by atoms with Crippen molar-refractivity contribution in [2.45, 2.75) is 70.5 Å². The van der Waals surface area contributed by atoms with E-state index in [1.807, 2.05) is 67.6 Å². The lowest BCUT2D eigenvalue weighted by molar-refractivity contribution is -0.142. The van der Waals surface area contributed by atoms with Gasteiger partial charge in [-0.2, -0.15) is 0 Å². The molecule has 0 spiro atoms. The van der Waals surface area contributed by atoms with Gasteiger partial charge in [0.25, 0.3) is 0 Å². The summed E-state index contributed by atoms with van der Waals surface area (Å²) in [7, 11) is -4.79. The van der Waals surface area contributed by atoms with Crippen LogP contribution < -0.4 is 5.32 Å². The number of ether oxygens (including phenoxy) is 2. The minimum absolute atomic E-state index is 0.0911. The molecule has 0 radical (unpaired) electrons. The Morgan fingerprint density at radius 2 is 1.74 bits per heavy atom. The van der Waals surface area contributed by atoms with Crippen LogP contribution in [0, 0.1) is 0 Å². The molecule has 0 bridgehead atoms. The number of nitrogens with one attached hydrogen (secondary N) is 1. The summed E-state index contributed by atoms with van der Waals surface area (Å²) in [5.74, 6) is 0. The Morgan fingerprint density at radius 3 is 2.34 bits per heavy atom. The van der Waals surface area contributed by atoms with Crippen LogP contribution in [0.15, 0.2) is 72.4 Å². The van der Waals surface area contributed by atoms with Crippen molar-refractivity contribution < 1.29 is 33.1 Å². The first-order valence-corrected chi connectivity index (χ1v) is 15.0. The van der Waals surface area contributed by atoms with Gasteiger partial charge in [-0.05, 0) is 43.2 Å². The van der Waals surface area contributed by atoms with E-state index in [1.54, 1.807) is 11.7 Å². The summed E-state index contributed by atoms with van der Waals surface area (Å²) in [5, 5.41) is 2.94. The zero-order chi connectivity index (χ0) is 27.2. The molecule has 3 rings (SSSR count). The minimum Gasteiger partial charge on any atom is -0.444 e. The Labute approximate surface area is 227 Å². The van der Waals surface area contributed by atoms with Gasteiger partial charge in [0, 0.05) is 6.20 Å². The van der Waals surface area contributed by atoms with E-state index in [0.29, 0.717) is 19.3 Å². The van der Waals surface area contributed by atoms with Gasteiger partial charge in [0.2, 0.25) is 0 Å². The number of alkyl carbamates (subject to hydrolysis) is 1. The van der Waals surface area contributed by atoms with Gasteiger partial charge in [0.1, 0.15) is 6.61 Å². The predicted molar refractivity (Wildman–Crippen MR) is 145 cm³/mol. The molecule has 38 heavy (non-hydrogen) atoms. The largest absolute Gasteiger partial charge is 0.471 e. The summed E-state index contributed by atoms with van der Waals surface area (Å²) in [6, 6.07) is 19.1. The van der Waals surface area contributed by atoms with E-state index in [4.69, 9.17) is 14.0 Å². The number of hydrogen-bond donors (Lipinski definition) is 3. The van der Waals surface area contributed by atoms with E-state index < -0.39 is 32.4 Å². The summed E-state index contributed by atoms with van der Waals surface area (Å²) >= 11 is 1.39. The molecule has 3 aromatic rings. The highest BCUT2D eigenvalue weighted by atomic mass is 32.1. The van der Waals surface area contributed by atoms with E-state index in [1.165, 1.54) is 16.9 Å². The van der Waals surface area contributed by atoms with Crippen molar-refractivity contribution in [3.05, 3.63) is 88.4 Å². The maximum absolute atomic E-state index is 12.8. The van der Waals surface area contributed by atoms with Crippen LogP contribution >= 0.6 is 19.2 Å². The quantitative estimate of drug-likeness (QED) is 0.152. The molecular formula is C27H35N2O7PS. The SMILES string of the molecule is CCC[C@@H](O[C@@H](CCCc1ccccc1)[C@H](Cc1ccccc1)NC(=O)OCc1cncs1)OP(=O)(O)O. The molecule has 0 saturated heterocycles. The van der Waals surface area contributed by atoms with Crippen molar-refractivity contribution in [3.8, 4) is 0 Å². The molecule has 206 valence electrons. The molecule has 2 aromatic carbocycles. The topological polar surface area (TPSA) is 127 Å². The number of benzene rings is 2. The second kappa shape index (κ2) is 15.7. The number of amides is 1. The summed E-state index contributed by atoms with van der Waals surface area (Å²) in [4.78, 5) is 36.5. The number of carbonyl (C=O) groups is 1. The zero-order valence-electron chi connectivity index (χ0n) is 21.3. The van der Waals surface area contributed by atoms with Crippen LogP contribution in [0.3, 0.4) is 0 Å². The number of carbonyl (C=O) groups excluding carboxylic acids is 1. The molecule has 0 aliphatic rings. The minimum atomic E-state index is -4.79. The van der Waals surface area contributed by atoms with Crippen LogP contribution in [-0.2, 0) is 38.0 Å². The maximum Gasteiger partial charge on any atom is 0.471 e. The van der Waals surface area contributed by atoms with Gasteiger partial charge in [0.05, 0.1) is 22.5 Å². The molecule has 1 heterocycles. The monoisotopic (exact) mass is 562 g/mol. The Hall–Kier alpha value is -2.59. The normalized spacial score (nSPS) is 14.0. The third kappa shape index (κ3) is 11.4. The van der Waals surface area contributed by atoms with E-state index in [9.17, 15) is 19.1 Å². The Bertz CT molecular complexity index is 1110. The zero-order valence-corrected chi connectivity index (χ0v) is 23.1. The van der Waals surface area contributed by atoms with Gasteiger partial charge in [-0.25, -0.2) is 9.36 Å². The number of aryl methyl sites for hydroxylation is 1. The molecule has 0 unspecified atom stereocenters. The van der Waals surface area contributed by atoms with Gasteiger partial charge in [-0.1, -0.05) is 74.0 Å². The van der Waals surface area contributed by atoms with Gasteiger partial charge >= 0.3 is 13.9 Å². The molecule has 0 aliphatic heterocycles. The first-order chi connectivity index (χ1) is 18.3. The van der Waals surface area contributed by atoms with E-state index >= 15 is 0 Å². The number of hydrogen-bond acceptors (Lipinski definition) is 7. The number of phosphoric ester groups is 1. The summed E-state index contributed by atoms with van der Waals surface area (Å²) in [5.41, 5.74) is 3.81. The molecule has 11 heteroatoms. The Morgan fingerprint density at radius 1 is 1.05 bits per heavy atom. The highest BCUT2D eigenvalue weighted by Gasteiger charge is 2.31. The van der Waals surface area contributed by atoms with Gasteiger partial charge < -0.3 is 24.6 Å². The lowest BCUT2D eigenvalue weighted by Crippen LogP contribution is -2.47. The maximum atomic E-state index is 12.8. The van der Waals surface area contributed by atoms with Crippen LogP contribution in [0.1, 0.15) is 48.6 Å². The van der Waals surface area contributed by atoms with Crippen molar-refractivity contribution in [1.82, 2.24) is 10.3 Å². The predicted octanol–water partition coefficient (Wildman–Crippen LogP) is 5.62. The van der Waals surface area contributed by atoms with Crippen molar-refractivity contribution in [3.63, 3.8) is 0 Å². The lowest BCUT2D eigenvalue weighted by Gasteiger charge is -2.31. The highest BCUT2D eigenvalue weighted by Crippen LogP contribution is 2.39. The molecule has 3 N–H and O–H groups in total. The highest BCUT2D eigenvalue weighted by molar-refractivity contribution is 7.46. The van der Waals surface area contributed by atoms with Gasteiger partial charge in [-0.15, -0.1) is 11.3 Å². The summed E-state index contributed by atoms with van der Waals surface area (Å²) < 4.78 is 28.2. The van der Waals surface area contributed by atoms with E-state index in [-0.39, 0.29) is 13.0 Å². The Balaban J connectivity index is 1.79. The molecule has 0 aliphatic carbocycles. The van der Waals surface area contributed by atoms with E-state index in [0.717, 1.165) is 23.3 Å². The fourth-order valence-electron chi connectivity index (χ4n) is 4.03. The molecule has 0 fully saturated rings. The van der Waals surface area contributed by atoms with Crippen LogP contribution in [0.2, 0.25) is 0 Å². The van der Waals surface area contributed by atoms with Crippen molar-refractivity contribution >= 4 is 25.3 Å². The number of nitrogens with zero attached hydrogens (tertiary/aromatic N) is 1. The average molecular weight is 563 g/mol.